The fraction of sp³-hybridized carbons (Fsp3) is 0.360. The van der Waals surface area contributed by atoms with E-state index in [2.05, 4.69) is 15.5 Å². The van der Waals surface area contributed by atoms with E-state index in [9.17, 15) is 14.0 Å². The Morgan fingerprint density at radius 3 is 2.82 bits per heavy atom. The maximum absolute atomic E-state index is 13.5. The highest BCUT2D eigenvalue weighted by Gasteiger charge is 2.30. The number of halogens is 1. The van der Waals surface area contributed by atoms with Crippen LogP contribution in [0.3, 0.4) is 0 Å². The summed E-state index contributed by atoms with van der Waals surface area (Å²) in [6, 6.07) is 13.1. The molecule has 1 saturated carbocycles. The molecule has 0 bridgehead atoms. The van der Waals surface area contributed by atoms with Crippen LogP contribution in [-0.4, -0.2) is 46.6 Å². The highest BCUT2D eigenvalue weighted by atomic mass is 19.1. The number of likely N-dealkylation sites (tertiary alicyclic amines) is 1. The fourth-order valence-corrected chi connectivity index (χ4v) is 4.04. The Morgan fingerprint density at radius 2 is 2.00 bits per heavy atom. The highest BCUT2D eigenvalue weighted by Crippen LogP contribution is 2.31. The molecule has 0 radical (unpaired) electrons. The molecule has 1 aliphatic carbocycles. The van der Waals surface area contributed by atoms with Gasteiger partial charge in [0, 0.05) is 36.3 Å². The van der Waals surface area contributed by atoms with Gasteiger partial charge in [0.1, 0.15) is 11.6 Å². The van der Waals surface area contributed by atoms with Gasteiger partial charge in [-0.2, -0.15) is 4.98 Å². The number of anilines is 1. The van der Waals surface area contributed by atoms with E-state index in [0.29, 0.717) is 41.8 Å². The van der Waals surface area contributed by atoms with Gasteiger partial charge in [-0.05, 0) is 49.9 Å². The topological polar surface area (TPSA) is 97.6 Å². The van der Waals surface area contributed by atoms with E-state index in [0.717, 1.165) is 25.7 Å². The van der Waals surface area contributed by atoms with Crippen molar-refractivity contribution in [3.8, 4) is 17.1 Å². The molecule has 1 N–H and O–H groups in total. The van der Waals surface area contributed by atoms with Crippen molar-refractivity contribution >= 4 is 17.5 Å². The van der Waals surface area contributed by atoms with Crippen LogP contribution < -0.4 is 10.1 Å². The molecule has 2 fully saturated rings. The molecule has 34 heavy (non-hydrogen) atoms. The highest BCUT2D eigenvalue weighted by molar-refractivity contribution is 5.94. The van der Waals surface area contributed by atoms with E-state index in [1.54, 1.807) is 41.3 Å². The molecule has 1 atom stereocenters. The number of nitrogens with zero attached hydrogens (tertiary/aromatic N) is 3. The van der Waals surface area contributed by atoms with Crippen LogP contribution in [0.15, 0.2) is 53.1 Å². The number of piperidine rings is 1. The molecule has 0 spiro atoms. The maximum Gasteiger partial charge on any atom is 0.260 e. The number of carbonyl (C=O) groups is 2. The van der Waals surface area contributed by atoms with E-state index in [1.165, 1.54) is 12.1 Å². The van der Waals surface area contributed by atoms with Crippen molar-refractivity contribution in [2.75, 3.05) is 25.0 Å². The lowest BCUT2D eigenvalue weighted by atomic mass is 9.98. The van der Waals surface area contributed by atoms with Crippen molar-refractivity contribution in [2.24, 2.45) is 5.92 Å². The van der Waals surface area contributed by atoms with Crippen LogP contribution in [0.25, 0.3) is 11.4 Å². The number of benzene rings is 2. The Morgan fingerprint density at radius 1 is 1.15 bits per heavy atom. The van der Waals surface area contributed by atoms with Crippen molar-refractivity contribution < 1.29 is 23.2 Å². The minimum Gasteiger partial charge on any atom is -0.484 e. The molecule has 176 valence electrons. The molecule has 1 saturated heterocycles. The predicted octanol–water partition coefficient (Wildman–Crippen LogP) is 4.01. The van der Waals surface area contributed by atoms with E-state index in [-0.39, 0.29) is 36.1 Å². The number of hydrogen-bond donors (Lipinski definition) is 1. The summed E-state index contributed by atoms with van der Waals surface area (Å²) in [7, 11) is 0. The van der Waals surface area contributed by atoms with Gasteiger partial charge in [-0.1, -0.05) is 23.4 Å². The van der Waals surface area contributed by atoms with Crippen LogP contribution in [0.4, 0.5) is 10.1 Å². The minimum absolute atomic E-state index is 0.0224. The maximum atomic E-state index is 13.5. The number of ether oxygens (including phenoxy) is 1. The molecule has 2 amide bonds. The quantitative estimate of drug-likeness (QED) is 0.568. The molecule has 2 heterocycles. The second-order valence-corrected chi connectivity index (χ2v) is 8.73. The van der Waals surface area contributed by atoms with E-state index in [1.807, 2.05) is 0 Å². The molecule has 2 aliphatic rings. The molecule has 1 aromatic heterocycles. The molecule has 1 unspecified atom stereocenters. The van der Waals surface area contributed by atoms with Gasteiger partial charge < -0.3 is 19.5 Å². The van der Waals surface area contributed by atoms with Crippen LogP contribution in [0, 0.1) is 11.7 Å². The SMILES string of the molecule is O=C(Nc1cccc(OCC(=O)N2CCCC(c3nc(-c4cccc(F)c4)no3)C2)c1)C1CC1. The van der Waals surface area contributed by atoms with Gasteiger partial charge in [-0.15, -0.1) is 0 Å². The number of hydrogen-bond acceptors (Lipinski definition) is 6. The summed E-state index contributed by atoms with van der Waals surface area (Å²) in [6.45, 7) is 0.969. The second-order valence-electron chi connectivity index (χ2n) is 8.73. The van der Waals surface area contributed by atoms with Crippen LogP contribution in [-0.2, 0) is 9.59 Å². The summed E-state index contributed by atoms with van der Waals surface area (Å²) in [5.74, 6) is 0.833. The first-order valence-corrected chi connectivity index (χ1v) is 11.5. The van der Waals surface area contributed by atoms with Gasteiger partial charge in [0.25, 0.3) is 5.91 Å². The summed E-state index contributed by atoms with van der Waals surface area (Å²) >= 11 is 0. The molecule has 3 aromatic rings. The summed E-state index contributed by atoms with van der Waals surface area (Å²) in [5.41, 5.74) is 1.20. The van der Waals surface area contributed by atoms with Gasteiger partial charge in [0.2, 0.25) is 17.6 Å². The monoisotopic (exact) mass is 464 g/mol. The third kappa shape index (κ3) is 5.24. The average molecular weight is 464 g/mol. The van der Waals surface area contributed by atoms with Crippen molar-refractivity contribution in [1.82, 2.24) is 15.0 Å². The zero-order valence-corrected chi connectivity index (χ0v) is 18.6. The Kier molecular flexibility index (Phi) is 6.24. The van der Waals surface area contributed by atoms with Gasteiger partial charge in [0.15, 0.2) is 6.61 Å². The molecule has 2 aromatic carbocycles. The normalized spacial score (nSPS) is 17.9. The van der Waals surface area contributed by atoms with Crippen LogP contribution >= 0.6 is 0 Å². The standard InChI is InChI=1S/C25H25FN4O4/c26-19-6-1-4-17(12-19)23-28-25(34-29-23)18-5-3-11-30(14-18)22(31)15-33-21-8-2-7-20(13-21)27-24(32)16-9-10-16/h1-2,4,6-8,12-13,16,18H,3,5,9-11,14-15H2,(H,27,32). The number of rotatable bonds is 7. The molecule has 8 nitrogen and oxygen atoms in total. The summed E-state index contributed by atoms with van der Waals surface area (Å²) < 4.78 is 24.6. The molecule has 1 aliphatic heterocycles. The van der Waals surface area contributed by atoms with Gasteiger partial charge in [-0.25, -0.2) is 4.39 Å². The van der Waals surface area contributed by atoms with E-state index in [4.69, 9.17) is 9.26 Å². The number of amides is 2. The van der Waals surface area contributed by atoms with E-state index >= 15 is 0 Å². The molecular formula is C25H25FN4O4. The summed E-state index contributed by atoms with van der Waals surface area (Å²) in [5, 5.41) is 6.86. The third-order valence-corrected chi connectivity index (χ3v) is 6.06. The van der Waals surface area contributed by atoms with Crippen molar-refractivity contribution in [3.63, 3.8) is 0 Å². The average Bonchev–Trinajstić information content (AvgIpc) is 3.59. The number of carbonyl (C=O) groups excluding carboxylic acids is 2. The van der Waals surface area contributed by atoms with Crippen LogP contribution in [0.5, 0.6) is 5.75 Å². The Labute approximate surface area is 196 Å². The second kappa shape index (κ2) is 9.62. The Balaban J connectivity index is 1.17. The van der Waals surface area contributed by atoms with Crippen molar-refractivity contribution in [3.05, 3.63) is 60.2 Å². The Hall–Kier alpha value is -3.75. The van der Waals surface area contributed by atoms with E-state index < -0.39 is 0 Å². The fourth-order valence-electron chi connectivity index (χ4n) is 4.04. The summed E-state index contributed by atoms with van der Waals surface area (Å²) in [6.07, 6.45) is 3.49. The zero-order chi connectivity index (χ0) is 23.5. The first-order chi connectivity index (χ1) is 16.5. The molecular weight excluding hydrogens is 439 g/mol. The van der Waals surface area contributed by atoms with Crippen molar-refractivity contribution in [1.29, 1.82) is 0 Å². The zero-order valence-electron chi connectivity index (χ0n) is 18.6. The lowest BCUT2D eigenvalue weighted by molar-refractivity contribution is -0.134. The van der Waals surface area contributed by atoms with Gasteiger partial charge in [-0.3, -0.25) is 9.59 Å². The minimum atomic E-state index is -0.367. The first-order valence-electron chi connectivity index (χ1n) is 11.5. The lowest BCUT2D eigenvalue weighted by Crippen LogP contribution is -2.41. The molecule has 5 rings (SSSR count). The van der Waals surface area contributed by atoms with Crippen LogP contribution in [0.1, 0.15) is 37.5 Å². The number of nitrogens with one attached hydrogen (secondary N) is 1. The van der Waals surface area contributed by atoms with Crippen LogP contribution in [0.2, 0.25) is 0 Å². The van der Waals surface area contributed by atoms with Crippen molar-refractivity contribution in [2.45, 2.75) is 31.6 Å². The smallest absolute Gasteiger partial charge is 0.260 e. The lowest BCUT2D eigenvalue weighted by Gasteiger charge is -2.31. The summed E-state index contributed by atoms with van der Waals surface area (Å²) in [4.78, 5) is 30.9. The Bertz CT molecular complexity index is 1190. The third-order valence-electron chi connectivity index (χ3n) is 6.06. The number of aromatic nitrogens is 2. The largest absolute Gasteiger partial charge is 0.484 e. The predicted molar refractivity (Wildman–Crippen MR) is 122 cm³/mol. The van der Waals surface area contributed by atoms with Gasteiger partial charge >= 0.3 is 0 Å². The molecule has 9 heteroatoms. The van der Waals surface area contributed by atoms with Gasteiger partial charge in [0.05, 0.1) is 5.92 Å². The first kappa shape index (κ1) is 22.1.